The molecular weight excluding hydrogens is 424 g/mol. The van der Waals surface area contributed by atoms with Gasteiger partial charge in [0.05, 0.1) is 16.3 Å². The van der Waals surface area contributed by atoms with Gasteiger partial charge in [0, 0.05) is 49.6 Å². The Hall–Kier alpha value is -3.97. The van der Waals surface area contributed by atoms with E-state index in [2.05, 4.69) is 25.6 Å². The van der Waals surface area contributed by atoms with Crippen molar-refractivity contribution in [2.75, 3.05) is 29.6 Å². The number of pyridine rings is 1. The van der Waals surface area contributed by atoms with Crippen LogP contribution >= 0.6 is 11.6 Å². The number of amides is 1. The number of nitrogens with zero attached hydrogens (tertiary/aromatic N) is 4. The lowest BCUT2D eigenvalue weighted by molar-refractivity contribution is 0.102. The van der Waals surface area contributed by atoms with Gasteiger partial charge in [0.2, 0.25) is 0 Å². The van der Waals surface area contributed by atoms with Crippen molar-refractivity contribution in [1.29, 1.82) is 0 Å². The van der Waals surface area contributed by atoms with Gasteiger partial charge in [-0.1, -0.05) is 11.6 Å². The minimum Gasteiger partial charge on any atom is -0.378 e. The maximum absolute atomic E-state index is 12.8. The van der Waals surface area contributed by atoms with Crippen molar-refractivity contribution < 1.29 is 4.79 Å². The zero-order valence-electron chi connectivity index (χ0n) is 17.6. The number of rotatable bonds is 6. The molecular formula is C24H21ClN6O. The van der Waals surface area contributed by atoms with Gasteiger partial charge < -0.3 is 15.5 Å². The lowest BCUT2D eigenvalue weighted by Crippen LogP contribution is -2.13. The highest BCUT2D eigenvalue weighted by atomic mass is 35.5. The largest absolute Gasteiger partial charge is 0.378 e. The van der Waals surface area contributed by atoms with Crippen molar-refractivity contribution in [1.82, 2.24) is 15.0 Å². The zero-order valence-corrected chi connectivity index (χ0v) is 18.3. The standard InChI is InChI=1S/C24H21ClN6O/c1-31(2)18-9-7-17(8-10-18)29-24(32)16-6-11-20(25)21(15-16)30-23-19(5-3-12-28-23)22-26-13-4-14-27-22/h3-15H,1-2H3,(H,28,30)(H,29,32). The summed E-state index contributed by atoms with van der Waals surface area (Å²) >= 11 is 6.40. The van der Waals surface area contributed by atoms with Gasteiger partial charge in [-0.3, -0.25) is 4.79 Å². The fourth-order valence-electron chi connectivity index (χ4n) is 3.06. The Kier molecular flexibility index (Phi) is 6.28. The molecule has 0 aliphatic carbocycles. The van der Waals surface area contributed by atoms with Gasteiger partial charge in [0.25, 0.3) is 5.91 Å². The first-order chi connectivity index (χ1) is 15.5. The Labute approximate surface area is 191 Å². The summed E-state index contributed by atoms with van der Waals surface area (Å²) in [6, 6.07) is 18.1. The van der Waals surface area contributed by atoms with E-state index >= 15 is 0 Å². The van der Waals surface area contributed by atoms with Crippen molar-refractivity contribution in [3.05, 3.63) is 89.8 Å². The lowest BCUT2D eigenvalue weighted by atomic mass is 10.1. The molecule has 2 heterocycles. The van der Waals surface area contributed by atoms with Crippen molar-refractivity contribution in [3.8, 4) is 11.4 Å². The second kappa shape index (κ2) is 9.45. The molecule has 2 aromatic heterocycles. The van der Waals surface area contributed by atoms with Crippen LogP contribution in [0.3, 0.4) is 0 Å². The minimum absolute atomic E-state index is 0.241. The van der Waals surface area contributed by atoms with E-state index in [-0.39, 0.29) is 5.91 Å². The summed E-state index contributed by atoms with van der Waals surface area (Å²) in [5, 5.41) is 6.58. The van der Waals surface area contributed by atoms with Crippen LogP contribution in [0.5, 0.6) is 0 Å². The smallest absolute Gasteiger partial charge is 0.255 e. The van der Waals surface area contributed by atoms with Crippen molar-refractivity contribution in [2.24, 2.45) is 0 Å². The van der Waals surface area contributed by atoms with Crippen LogP contribution in [0.4, 0.5) is 22.9 Å². The highest BCUT2D eigenvalue weighted by molar-refractivity contribution is 6.33. The van der Waals surface area contributed by atoms with Crippen LogP contribution < -0.4 is 15.5 Å². The monoisotopic (exact) mass is 444 g/mol. The number of hydrogen-bond acceptors (Lipinski definition) is 6. The average molecular weight is 445 g/mol. The molecule has 2 N–H and O–H groups in total. The molecule has 0 fully saturated rings. The predicted octanol–water partition coefficient (Wildman–Crippen LogP) is 5.25. The van der Waals surface area contributed by atoms with Gasteiger partial charge in [-0.15, -0.1) is 0 Å². The van der Waals surface area contributed by atoms with Crippen LogP contribution in [0.1, 0.15) is 10.4 Å². The summed E-state index contributed by atoms with van der Waals surface area (Å²) < 4.78 is 0. The average Bonchev–Trinajstić information content (AvgIpc) is 2.81. The Morgan fingerprint density at radius 2 is 1.62 bits per heavy atom. The van der Waals surface area contributed by atoms with Crippen LogP contribution in [-0.4, -0.2) is 35.0 Å². The number of halogens is 1. The van der Waals surface area contributed by atoms with Gasteiger partial charge in [0.15, 0.2) is 5.82 Å². The van der Waals surface area contributed by atoms with E-state index < -0.39 is 0 Å². The lowest BCUT2D eigenvalue weighted by Gasteiger charge is -2.14. The van der Waals surface area contributed by atoms with Crippen molar-refractivity contribution in [3.63, 3.8) is 0 Å². The summed E-state index contributed by atoms with van der Waals surface area (Å²) in [4.78, 5) is 27.8. The molecule has 0 saturated heterocycles. The molecule has 8 heteroatoms. The first kappa shape index (κ1) is 21.3. The van der Waals surface area contributed by atoms with E-state index in [1.807, 2.05) is 55.4 Å². The molecule has 4 rings (SSSR count). The third-order valence-corrected chi connectivity index (χ3v) is 5.07. The molecule has 0 aliphatic rings. The molecule has 0 saturated carbocycles. The highest BCUT2D eigenvalue weighted by Crippen LogP contribution is 2.30. The first-order valence-electron chi connectivity index (χ1n) is 9.89. The van der Waals surface area contributed by atoms with Gasteiger partial charge in [-0.05, 0) is 60.7 Å². The third-order valence-electron chi connectivity index (χ3n) is 4.74. The van der Waals surface area contributed by atoms with Gasteiger partial charge in [0.1, 0.15) is 5.82 Å². The van der Waals surface area contributed by atoms with Crippen LogP contribution in [0.2, 0.25) is 5.02 Å². The van der Waals surface area contributed by atoms with Crippen LogP contribution in [-0.2, 0) is 0 Å². The fourth-order valence-corrected chi connectivity index (χ4v) is 3.22. The van der Waals surface area contributed by atoms with Gasteiger partial charge in [-0.25, -0.2) is 15.0 Å². The van der Waals surface area contributed by atoms with Gasteiger partial charge in [-0.2, -0.15) is 0 Å². The molecule has 0 aliphatic heterocycles. The Bertz CT molecular complexity index is 1230. The Morgan fingerprint density at radius 3 is 2.34 bits per heavy atom. The number of nitrogens with one attached hydrogen (secondary N) is 2. The normalized spacial score (nSPS) is 10.5. The van der Waals surface area contributed by atoms with Crippen molar-refractivity contribution >= 4 is 40.4 Å². The third kappa shape index (κ3) is 4.84. The van der Waals surface area contributed by atoms with E-state index in [1.165, 1.54) is 0 Å². The number of anilines is 4. The molecule has 0 radical (unpaired) electrons. The maximum Gasteiger partial charge on any atom is 0.255 e. The second-order valence-corrected chi connectivity index (χ2v) is 7.59. The molecule has 2 aromatic carbocycles. The molecule has 0 bridgehead atoms. The second-order valence-electron chi connectivity index (χ2n) is 7.19. The highest BCUT2D eigenvalue weighted by Gasteiger charge is 2.13. The summed E-state index contributed by atoms with van der Waals surface area (Å²) in [5.41, 5.74) is 3.49. The van der Waals surface area contributed by atoms with Crippen LogP contribution in [0.25, 0.3) is 11.4 Å². The van der Waals surface area contributed by atoms with Crippen LogP contribution in [0, 0.1) is 0 Å². The van der Waals surface area contributed by atoms with E-state index in [4.69, 9.17) is 11.6 Å². The number of benzene rings is 2. The SMILES string of the molecule is CN(C)c1ccc(NC(=O)c2ccc(Cl)c(Nc3ncccc3-c3ncccn3)c2)cc1. The number of hydrogen-bond donors (Lipinski definition) is 2. The van der Waals surface area contributed by atoms with Crippen molar-refractivity contribution in [2.45, 2.75) is 0 Å². The van der Waals surface area contributed by atoms with E-state index in [9.17, 15) is 4.79 Å². The molecule has 0 spiro atoms. The summed E-state index contributed by atoms with van der Waals surface area (Å²) in [7, 11) is 3.93. The zero-order chi connectivity index (χ0) is 22.5. The Balaban J connectivity index is 1.57. The quantitative estimate of drug-likeness (QED) is 0.422. The number of carbonyl (C=O) groups excluding carboxylic acids is 1. The molecule has 32 heavy (non-hydrogen) atoms. The molecule has 0 atom stereocenters. The molecule has 7 nitrogen and oxygen atoms in total. The summed E-state index contributed by atoms with van der Waals surface area (Å²) in [6.07, 6.45) is 5.00. The minimum atomic E-state index is -0.241. The maximum atomic E-state index is 12.8. The van der Waals surface area contributed by atoms with E-state index in [0.717, 1.165) is 11.3 Å². The van der Waals surface area contributed by atoms with Gasteiger partial charge >= 0.3 is 0 Å². The van der Waals surface area contributed by atoms with E-state index in [0.29, 0.717) is 33.6 Å². The Morgan fingerprint density at radius 1 is 0.906 bits per heavy atom. The van der Waals surface area contributed by atoms with Crippen LogP contribution in [0.15, 0.2) is 79.3 Å². The fraction of sp³-hybridized carbons (Fsp3) is 0.0833. The predicted molar refractivity (Wildman–Crippen MR) is 129 cm³/mol. The number of carbonyl (C=O) groups is 1. The topological polar surface area (TPSA) is 83.0 Å². The summed E-state index contributed by atoms with van der Waals surface area (Å²) in [5.74, 6) is 0.835. The molecule has 1 amide bonds. The first-order valence-corrected chi connectivity index (χ1v) is 10.3. The summed E-state index contributed by atoms with van der Waals surface area (Å²) in [6.45, 7) is 0. The van der Waals surface area contributed by atoms with E-state index in [1.54, 1.807) is 42.9 Å². The molecule has 4 aromatic rings. The molecule has 0 unspecified atom stereocenters. The molecule has 160 valence electrons. The number of aromatic nitrogens is 3.